The van der Waals surface area contributed by atoms with Crippen molar-refractivity contribution in [3.8, 4) is 0 Å². The molecule has 2 heteroatoms. The van der Waals surface area contributed by atoms with Gasteiger partial charge in [0.1, 0.15) is 0 Å². The molecular weight excluding hydrogens is 244 g/mol. The molecule has 2 nitrogen and oxygen atoms in total. The van der Waals surface area contributed by atoms with Crippen molar-refractivity contribution in [1.82, 2.24) is 4.40 Å². The van der Waals surface area contributed by atoms with Crippen molar-refractivity contribution in [3.05, 3.63) is 41.2 Å². The van der Waals surface area contributed by atoms with Gasteiger partial charge in [0.15, 0.2) is 0 Å². The topological polar surface area (TPSA) is 30.4 Å². The molecule has 0 fully saturated rings. The number of hydrogen-bond donors (Lipinski definition) is 1. The second-order valence-corrected chi connectivity index (χ2v) is 5.56. The highest BCUT2D eigenvalue weighted by molar-refractivity contribution is 5.62. The Bertz CT molecular complexity index is 540. The highest BCUT2D eigenvalue weighted by atomic mass is 14.9. The Morgan fingerprint density at radius 3 is 2.55 bits per heavy atom. The SMILES string of the molecule is CCCc1c(CC)c(CCCCCN)c2ccccn12. The zero-order valence-electron chi connectivity index (χ0n) is 13.0. The van der Waals surface area contributed by atoms with Crippen LogP contribution in [0.3, 0.4) is 0 Å². The lowest BCUT2D eigenvalue weighted by molar-refractivity contribution is 0.686. The molecular formula is C18H28N2. The molecule has 0 aliphatic rings. The lowest BCUT2D eigenvalue weighted by Gasteiger charge is -2.05. The van der Waals surface area contributed by atoms with E-state index < -0.39 is 0 Å². The number of fused-ring (bicyclic) bond motifs is 1. The molecule has 0 unspecified atom stereocenters. The van der Waals surface area contributed by atoms with E-state index >= 15 is 0 Å². The van der Waals surface area contributed by atoms with Gasteiger partial charge in [0, 0.05) is 17.4 Å². The maximum atomic E-state index is 5.59. The summed E-state index contributed by atoms with van der Waals surface area (Å²) >= 11 is 0. The first-order valence-corrected chi connectivity index (χ1v) is 8.13. The summed E-state index contributed by atoms with van der Waals surface area (Å²) in [4.78, 5) is 0. The summed E-state index contributed by atoms with van der Waals surface area (Å²) in [6, 6.07) is 6.58. The number of nitrogens with two attached hydrogens (primary N) is 1. The average molecular weight is 272 g/mol. The summed E-state index contributed by atoms with van der Waals surface area (Å²) in [5.41, 5.74) is 11.7. The molecule has 0 radical (unpaired) electrons. The fourth-order valence-electron chi connectivity index (χ4n) is 3.23. The monoisotopic (exact) mass is 272 g/mol. The van der Waals surface area contributed by atoms with Crippen molar-refractivity contribution in [1.29, 1.82) is 0 Å². The second kappa shape index (κ2) is 7.49. The minimum absolute atomic E-state index is 0.818. The van der Waals surface area contributed by atoms with Gasteiger partial charge < -0.3 is 10.1 Å². The van der Waals surface area contributed by atoms with Crippen molar-refractivity contribution in [2.45, 2.75) is 58.8 Å². The van der Waals surface area contributed by atoms with Gasteiger partial charge >= 0.3 is 0 Å². The van der Waals surface area contributed by atoms with Crippen LogP contribution in [0.25, 0.3) is 5.52 Å². The highest BCUT2D eigenvalue weighted by Gasteiger charge is 2.15. The molecule has 0 aliphatic carbocycles. The number of aryl methyl sites for hydroxylation is 2. The maximum absolute atomic E-state index is 5.59. The molecule has 0 aromatic carbocycles. The highest BCUT2D eigenvalue weighted by Crippen LogP contribution is 2.27. The van der Waals surface area contributed by atoms with Crippen LogP contribution in [0.2, 0.25) is 0 Å². The van der Waals surface area contributed by atoms with Crippen molar-refractivity contribution < 1.29 is 0 Å². The quantitative estimate of drug-likeness (QED) is 0.720. The Balaban J connectivity index is 2.35. The molecule has 2 N–H and O–H groups in total. The molecule has 0 bridgehead atoms. The van der Waals surface area contributed by atoms with Crippen molar-refractivity contribution in [2.24, 2.45) is 5.73 Å². The number of pyridine rings is 1. The van der Waals surface area contributed by atoms with Gasteiger partial charge in [0.2, 0.25) is 0 Å². The van der Waals surface area contributed by atoms with Crippen LogP contribution in [0.1, 0.15) is 56.4 Å². The third-order valence-corrected chi connectivity index (χ3v) is 4.14. The van der Waals surface area contributed by atoms with Crippen LogP contribution in [0.5, 0.6) is 0 Å². The molecule has 0 amide bonds. The second-order valence-electron chi connectivity index (χ2n) is 5.56. The van der Waals surface area contributed by atoms with E-state index in [2.05, 4.69) is 42.6 Å². The lowest BCUT2D eigenvalue weighted by Crippen LogP contribution is -1.99. The fraction of sp³-hybridized carbons (Fsp3) is 0.556. The summed E-state index contributed by atoms with van der Waals surface area (Å²) in [7, 11) is 0. The minimum Gasteiger partial charge on any atom is -0.330 e. The molecule has 2 rings (SSSR count). The van der Waals surface area contributed by atoms with E-state index in [1.165, 1.54) is 43.3 Å². The predicted octanol–water partition coefficient (Wildman–Crippen LogP) is 4.13. The first kappa shape index (κ1) is 15.1. The standard InChI is InChI=1S/C18H28N2/c1-3-10-17-15(4-2)16(11-6-5-8-13-19)18-12-7-9-14-20(17)18/h7,9,12,14H,3-6,8,10-11,13,19H2,1-2H3. The predicted molar refractivity (Wildman–Crippen MR) is 87.4 cm³/mol. The summed E-state index contributed by atoms with van der Waals surface area (Å²) in [5, 5.41) is 0. The molecule has 2 aromatic heterocycles. The normalized spacial score (nSPS) is 11.3. The molecule has 110 valence electrons. The van der Waals surface area contributed by atoms with Crippen LogP contribution in [-0.2, 0) is 19.3 Å². The van der Waals surface area contributed by atoms with Gasteiger partial charge in [-0.05, 0) is 61.9 Å². The molecule has 0 atom stereocenters. The van der Waals surface area contributed by atoms with Gasteiger partial charge in [0.05, 0.1) is 0 Å². The number of unbranched alkanes of at least 4 members (excludes halogenated alkanes) is 2. The Kier molecular flexibility index (Phi) is 5.66. The fourth-order valence-corrected chi connectivity index (χ4v) is 3.23. The van der Waals surface area contributed by atoms with Gasteiger partial charge in [-0.1, -0.05) is 32.8 Å². The van der Waals surface area contributed by atoms with Gasteiger partial charge in [-0.3, -0.25) is 0 Å². The number of hydrogen-bond acceptors (Lipinski definition) is 1. The zero-order chi connectivity index (χ0) is 14.4. The molecule has 20 heavy (non-hydrogen) atoms. The smallest absolute Gasteiger partial charge is 0.0487 e. The number of rotatable bonds is 8. The van der Waals surface area contributed by atoms with E-state index in [9.17, 15) is 0 Å². The van der Waals surface area contributed by atoms with E-state index in [0.717, 1.165) is 19.4 Å². The first-order valence-electron chi connectivity index (χ1n) is 8.13. The minimum atomic E-state index is 0.818. The van der Waals surface area contributed by atoms with Crippen LogP contribution >= 0.6 is 0 Å². The number of nitrogens with zero attached hydrogens (tertiary/aromatic N) is 1. The third-order valence-electron chi connectivity index (χ3n) is 4.14. The van der Waals surface area contributed by atoms with Crippen LogP contribution in [-0.4, -0.2) is 10.9 Å². The van der Waals surface area contributed by atoms with E-state index in [-0.39, 0.29) is 0 Å². The molecule has 2 aromatic rings. The van der Waals surface area contributed by atoms with Crippen molar-refractivity contribution in [3.63, 3.8) is 0 Å². The maximum Gasteiger partial charge on any atom is 0.0487 e. The van der Waals surface area contributed by atoms with Crippen LogP contribution in [0.4, 0.5) is 0 Å². The van der Waals surface area contributed by atoms with E-state index in [1.807, 2.05) is 0 Å². The molecule has 0 saturated heterocycles. The molecule has 0 spiro atoms. The Morgan fingerprint density at radius 1 is 1.00 bits per heavy atom. The Hall–Kier alpha value is -1.28. The molecule has 0 saturated carbocycles. The third kappa shape index (κ3) is 3.06. The van der Waals surface area contributed by atoms with Gasteiger partial charge in [-0.15, -0.1) is 0 Å². The summed E-state index contributed by atoms with van der Waals surface area (Å²) in [6.45, 7) is 5.37. The van der Waals surface area contributed by atoms with E-state index in [4.69, 9.17) is 5.73 Å². The zero-order valence-corrected chi connectivity index (χ0v) is 13.0. The summed E-state index contributed by atoms with van der Waals surface area (Å²) < 4.78 is 2.42. The van der Waals surface area contributed by atoms with Crippen molar-refractivity contribution in [2.75, 3.05) is 6.54 Å². The largest absolute Gasteiger partial charge is 0.330 e. The average Bonchev–Trinajstić information content (AvgIpc) is 2.78. The van der Waals surface area contributed by atoms with Gasteiger partial charge in [-0.2, -0.15) is 0 Å². The first-order chi connectivity index (χ1) is 9.83. The summed E-state index contributed by atoms with van der Waals surface area (Å²) in [5.74, 6) is 0. The van der Waals surface area contributed by atoms with Gasteiger partial charge in [-0.25, -0.2) is 0 Å². The van der Waals surface area contributed by atoms with E-state index in [1.54, 1.807) is 11.1 Å². The van der Waals surface area contributed by atoms with Crippen LogP contribution in [0.15, 0.2) is 24.4 Å². The number of aromatic nitrogens is 1. The van der Waals surface area contributed by atoms with Crippen LogP contribution in [0, 0.1) is 0 Å². The van der Waals surface area contributed by atoms with Crippen molar-refractivity contribution >= 4 is 5.52 Å². The summed E-state index contributed by atoms with van der Waals surface area (Å²) in [6.07, 6.45) is 10.6. The molecule has 0 aliphatic heterocycles. The molecule has 2 heterocycles. The Labute approximate surface area is 123 Å². The lowest BCUT2D eigenvalue weighted by atomic mass is 9.99. The van der Waals surface area contributed by atoms with E-state index in [0.29, 0.717) is 0 Å². The van der Waals surface area contributed by atoms with Crippen LogP contribution < -0.4 is 5.73 Å². The van der Waals surface area contributed by atoms with Gasteiger partial charge in [0.25, 0.3) is 0 Å². The Morgan fingerprint density at radius 2 is 1.85 bits per heavy atom.